The van der Waals surface area contributed by atoms with Crippen molar-refractivity contribution in [2.75, 3.05) is 13.1 Å². The largest absolute Gasteiger partial charge is 0.353 e. The van der Waals surface area contributed by atoms with Crippen LogP contribution < -0.4 is 16.4 Å². The normalized spacial score (nSPS) is 22.2. The van der Waals surface area contributed by atoms with Gasteiger partial charge in [0, 0.05) is 13.1 Å². The molecule has 1 heterocycles. The van der Waals surface area contributed by atoms with Crippen molar-refractivity contribution in [1.29, 1.82) is 0 Å². The Bertz CT molecular complexity index is 318. The van der Waals surface area contributed by atoms with E-state index in [1.165, 1.54) is 11.8 Å². The Kier molecular flexibility index (Phi) is 3.70. The first-order valence-electron chi connectivity index (χ1n) is 5.07. The number of carbonyl (C=O) groups is 3. The molecule has 90 valence electrons. The standard InChI is InChI=1S/C9H16N4O3/c1-5(12-9(10)16)8(15)13-4-3-11-7(14)6(13)2/h5-6H,3-4H2,1-2H3,(H,11,14)(H3,10,12,16). The van der Waals surface area contributed by atoms with Gasteiger partial charge in [0.2, 0.25) is 11.8 Å². The number of primary amides is 1. The highest BCUT2D eigenvalue weighted by atomic mass is 16.2. The lowest BCUT2D eigenvalue weighted by Gasteiger charge is -2.34. The minimum atomic E-state index is -0.755. The molecule has 4 N–H and O–H groups in total. The first-order chi connectivity index (χ1) is 7.43. The third kappa shape index (κ3) is 2.62. The van der Waals surface area contributed by atoms with Crippen LogP contribution in [0.4, 0.5) is 4.79 Å². The predicted octanol–water partition coefficient (Wildman–Crippen LogP) is -1.61. The molecule has 0 aromatic carbocycles. The quantitative estimate of drug-likeness (QED) is 0.529. The number of nitrogens with one attached hydrogen (secondary N) is 2. The Morgan fingerprint density at radius 1 is 1.62 bits per heavy atom. The van der Waals surface area contributed by atoms with Gasteiger partial charge in [-0.3, -0.25) is 9.59 Å². The minimum Gasteiger partial charge on any atom is -0.353 e. The molecule has 0 spiro atoms. The lowest BCUT2D eigenvalue weighted by Crippen LogP contribution is -2.59. The molecule has 7 nitrogen and oxygen atoms in total. The van der Waals surface area contributed by atoms with E-state index >= 15 is 0 Å². The molecular formula is C9H16N4O3. The fourth-order valence-corrected chi connectivity index (χ4v) is 1.61. The van der Waals surface area contributed by atoms with Crippen molar-refractivity contribution in [2.45, 2.75) is 25.9 Å². The second-order valence-corrected chi connectivity index (χ2v) is 3.73. The fourth-order valence-electron chi connectivity index (χ4n) is 1.61. The smallest absolute Gasteiger partial charge is 0.312 e. The summed E-state index contributed by atoms with van der Waals surface area (Å²) in [4.78, 5) is 35.2. The molecule has 1 aliphatic heterocycles. The molecule has 0 aromatic heterocycles. The van der Waals surface area contributed by atoms with Gasteiger partial charge in [0.15, 0.2) is 0 Å². The summed E-state index contributed by atoms with van der Waals surface area (Å²) in [6.07, 6.45) is 0. The van der Waals surface area contributed by atoms with Crippen LogP contribution >= 0.6 is 0 Å². The summed E-state index contributed by atoms with van der Waals surface area (Å²) < 4.78 is 0. The lowest BCUT2D eigenvalue weighted by atomic mass is 10.1. The van der Waals surface area contributed by atoms with Crippen LogP contribution in [0.15, 0.2) is 0 Å². The number of piperazine rings is 1. The molecule has 4 amide bonds. The van der Waals surface area contributed by atoms with Gasteiger partial charge >= 0.3 is 6.03 Å². The molecule has 2 unspecified atom stereocenters. The number of hydrogen-bond donors (Lipinski definition) is 3. The highest BCUT2D eigenvalue weighted by Crippen LogP contribution is 2.06. The molecule has 0 bridgehead atoms. The minimum absolute atomic E-state index is 0.189. The van der Waals surface area contributed by atoms with Crippen molar-refractivity contribution >= 4 is 17.8 Å². The number of rotatable bonds is 2. The second-order valence-electron chi connectivity index (χ2n) is 3.73. The summed E-state index contributed by atoms with van der Waals surface area (Å²) in [5.41, 5.74) is 4.92. The van der Waals surface area contributed by atoms with Crippen LogP contribution in [-0.4, -0.2) is 47.9 Å². The first kappa shape index (κ1) is 12.3. The van der Waals surface area contributed by atoms with Crippen LogP contribution in [0.5, 0.6) is 0 Å². The molecule has 0 aliphatic carbocycles. The van der Waals surface area contributed by atoms with E-state index in [0.29, 0.717) is 13.1 Å². The van der Waals surface area contributed by atoms with E-state index in [9.17, 15) is 14.4 Å². The number of nitrogens with two attached hydrogens (primary N) is 1. The van der Waals surface area contributed by atoms with Crippen molar-refractivity contribution in [3.8, 4) is 0 Å². The van der Waals surface area contributed by atoms with Crippen LogP contribution in [0.1, 0.15) is 13.8 Å². The van der Waals surface area contributed by atoms with Crippen molar-refractivity contribution in [1.82, 2.24) is 15.5 Å². The number of amides is 4. The molecule has 7 heteroatoms. The molecule has 2 atom stereocenters. The number of urea groups is 1. The first-order valence-corrected chi connectivity index (χ1v) is 5.07. The fraction of sp³-hybridized carbons (Fsp3) is 0.667. The van der Waals surface area contributed by atoms with E-state index in [0.717, 1.165) is 0 Å². The predicted molar refractivity (Wildman–Crippen MR) is 56.4 cm³/mol. The van der Waals surface area contributed by atoms with Crippen LogP contribution in [0.25, 0.3) is 0 Å². The summed E-state index contributed by atoms with van der Waals surface area (Å²) in [6, 6.07) is -1.99. The summed E-state index contributed by atoms with van der Waals surface area (Å²) in [6.45, 7) is 4.05. The zero-order chi connectivity index (χ0) is 12.3. The zero-order valence-electron chi connectivity index (χ0n) is 9.32. The van der Waals surface area contributed by atoms with Gasteiger partial charge in [0.05, 0.1) is 0 Å². The van der Waals surface area contributed by atoms with Gasteiger partial charge in [-0.2, -0.15) is 0 Å². The van der Waals surface area contributed by atoms with Gasteiger partial charge in [-0.15, -0.1) is 0 Å². The molecule has 1 aliphatic rings. The van der Waals surface area contributed by atoms with Gasteiger partial charge in [0.25, 0.3) is 0 Å². The van der Waals surface area contributed by atoms with E-state index in [2.05, 4.69) is 10.6 Å². The summed E-state index contributed by atoms with van der Waals surface area (Å²) in [5, 5.41) is 4.94. The molecule has 0 radical (unpaired) electrons. The number of carbonyl (C=O) groups excluding carboxylic acids is 3. The molecule has 0 saturated carbocycles. The van der Waals surface area contributed by atoms with Crippen LogP contribution in [-0.2, 0) is 9.59 Å². The topological polar surface area (TPSA) is 105 Å². The average Bonchev–Trinajstić information content (AvgIpc) is 2.20. The van der Waals surface area contributed by atoms with E-state index in [1.54, 1.807) is 6.92 Å². The third-order valence-electron chi connectivity index (χ3n) is 2.51. The van der Waals surface area contributed by atoms with Gasteiger partial charge in [0.1, 0.15) is 12.1 Å². The van der Waals surface area contributed by atoms with Crippen molar-refractivity contribution in [3.05, 3.63) is 0 Å². The Morgan fingerprint density at radius 2 is 2.25 bits per heavy atom. The van der Waals surface area contributed by atoms with E-state index in [4.69, 9.17) is 5.73 Å². The number of nitrogens with zero attached hydrogens (tertiary/aromatic N) is 1. The summed E-state index contributed by atoms with van der Waals surface area (Å²) >= 11 is 0. The third-order valence-corrected chi connectivity index (χ3v) is 2.51. The molecule has 0 aromatic rings. The highest BCUT2D eigenvalue weighted by Gasteiger charge is 2.31. The average molecular weight is 228 g/mol. The highest BCUT2D eigenvalue weighted by molar-refractivity contribution is 5.92. The van der Waals surface area contributed by atoms with Crippen LogP contribution in [0.3, 0.4) is 0 Å². The Labute approximate surface area is 93.3 Å². The summed E-state index contributed by atoms with van der Waals surface area (Å²) in [7, 11) is 0. The lowest BCUT2D eigenvalue weighted by molar-refractivity contribution is -0.143. The maximum absolute atomic E-state index is 11.9. The molecule has 16 heavy (non-hydrogen) atoms. The maximum atomic E-state index is 11.9. The van der Waals surface area contributed by atoms with Crippen molar-refractivity contribution < 1.29 is 14.4 Å². The van der Waals surface area contributed by atoms with E-state index < -0.39 is 18.1 Å². The Balaban J connectivity index is 2.65. The molecule has 1 saturated heterocycles. The van der Waals surface area contributed by atoms with Gasteiger partial charge in [-0.05, 0) is 13.8 Å². The van der Waals surface area contributed by atoms with Crippen molar-refractivity contribution in [2.24, 2.45) is 5.73 Å². The van der Waals surface area contributed by atoms with Crippen LogP contribution in [0.2, 0.25) is 0 Å². The SMILES string of the molecule is CC(NC(N)=O)C(=O)N1CCNC(=O)C1C. The second kappa shape index (κ2) is 4.82. The maximum Gasteiger partial charge on any atom is 0.312 e. The number of hydrogen-bond acceptors (Lipinski definition) is 3. The Hall–Kier alpha value is -1.79. The summed E-state index contributed by atoms with van der Waals surface area (Å²) in [5.74, 6) is -0.493. The van der Waals surface area contributed by atoms with Crippen LogP contribution in [0, 0.1) is 0 Å². The van der Waals surface area contributed by atoms with Gasteiger partial charge in [-0.1, -0.05) is 0 Å². The van der Waals surface area contributed by atoms with Crippen molar-refractivity contribution in [3.63, 3.8) is 0 Å². The van der Waals surface area contributed by atoms with Gasteiger partial charge < -0.3 is 21.3 Å². The molecular weight excluding hydrogens is 212 g/mol. The zero-order valence-corrected chi connectivity index (χ0v) is 9.32. The van der Waals surface area contributed by atoms with E-state index in [-0.39, 0.29) is 11.8 Å². The molecule has 1 rings (SSSR count). The molecule has 1 fully saturated rings. The van der Waals surface area contributed by atoms with Gasteiger partial charge in [-0.25, -0.2) is 4.79 Å². The Morgan fingerprint density at radius 3 is 2.81 bits per heavy atom. The van der Waals surface area contributed by atoms with E-state index in [1.807, 2.05) is 0 Å². The monoisotopic (exact) mass is 228 g/mol.